The van der Waals surface area contributed by atoms with Gasteiger partial charge in [0.15, 0.2) is 0 Å². The van der Waals surface area contributed by atoms with Gasteiger partial charge >= 0.3 is 0 Å². The van der Waals surface area contributed by atoms with Crippen molar-refractivity contribution >= 4 is 33.8 Å². The first-order chi connectivity index (χ1) is 19.3. The van der Waals surface area contributed by atoms with Crippen LogP contribution in [0, 0.1) is 23.7 Å². The van der Waals surface area contributed by atoms with E-state index < -0.39 is 16.5 Å². The number of hydrogen-bond donors (Lipinski definition) is 0. The van der Waals surface area contributed by atoms with Gasteiger partial charge in [0.1, 0.15) is 5.75 Å². The highest BCUT2D eigenvalue weighted by Crippen LogP contribution is 2.43. The molecule has 5 rings (SSSR count). The maximum atomic E-state index is 13.2. The summed E-state index contributed by atoms with van der Waals surface area (Å²) in [7, 11) is 0.274. The van der Waals surface area contributed by atoms with Crippen LogP contribution in [-0.2, 0) is 32.5 Å². The number of ether oxygens (including phenoxy) is 2. The molecular formula is C32H42ClN2O4S-. The number of carbonyl (C=O) groups excluding carboxylic acids is 1. The van der Waals surface area contributed by atoms with E-state index >= 15 is 0 Å². The fourth-order valence-electron chi connectivity index (χ4n) is 6.77. The second-order valence-electron chi connectivity index (χ2n) is 12.1. The number of hydrogen-bond acceptors (Lipinski definition) is 6. The highest BCUT2D eigenvalue weighted by molar-refractivity contribution is 7.75. The molecule has 5 atom stereocenters. The number of rotatable bonds is 1. The number of carbonyl (C=O) groups is 1. The second kappa shape index (κ2) is 13.3. The second-order valence-corrected chi connectivity index (χ2v) is 13.7. The molecule has 1 amide bonds. The van der Waals surface area contributed by atoms with E-state index in [1.807, 2.05) is 25.3 Å². The number of amides is 1. The number of fused-ring (bicyclic) bond motifs is 3. The molecule has 2 aliphatic heterocycles. The van der Waals surface area contributed by atoms with Crippen LogP contribution in [0.3, 0.4) is 0 Å². The van der Waals surface area contributed by atoms with Crippen molar-refractivity contribution in [3.05, 3.63) is 58.1 Å². The minimum Gasteiger partial charge on any atom is -0.491 e. The van der Waals surface area contributed by atoms with Gasteiger partial charge in [-0.25, -0.2) is 0 Å². The van der Waals surface area contributed by atoms with Gasteiger partial charge in [-0.05, 0) is 104 Å². The summed E-state index contributed by atoms with van der Waals surface area (Å²) in [6.07, 6.45) is 7.33. The van der Waals surface area contributed by atoms with E-state index in [-0.39, 0.29) is 12.0 Å². The molecule has 0 spiro atoms. The van der Waals surface area contributed by atoms with Crippen LogP contribution >= 0.6 is 11.6 Å². The van der Waals surface area contributed by atoms with Gasteiger partial charge in [0.2, 0.25) is 0 Å². The van der Waals surface area contributed by atoms with Crippen molar-refractivity contribution < 1.29 is 18.5 Å². The van der Waals surface area contributed by atoms with Crippen LogP contribution in [0.25, 0.3) is 0 Å². The summed E-state index contributed by atoms with van der Waals surface area (Å²) in [6.45, 7) is 6.50. The zero-order valence-corrected chi connectivity index (χ0v) is 25.5. The normalized spacial score (nSPS) is 28.6. The minimum atomic E-state index is -1.57. The lowest BCUT2D eigenvalue weighted by molar-refractivity contribution is -0.0294. The summed E-state index contributed by atoms with van der Waals surface area (Å²) < 4.78 is 29.4. The molecule has 8 heteroatoms. The fraction of sp³-hybridized carbons (Fsp3) is 0.594. The number of halogens is 1. The highest BCUT2D eigenvalue weighted by Gasteiger charge is 2.39. The van der Waals surface area contributed by atoms with Gasteiger partial charge in [0.25, 0.3) is 5.91 Å². The van der Waals surface area contributed by atoms with Gasteiger partial charge in [-0.2, -0.15) is 10.6 Å². The Morgan fingerprint density at radius 1 is 1.05 bits per heavy atom. The molecule has 2 aromatic carbocycles. The lowest BCUT2D eigenvalue weighted by atomic mass is 9.68. The Labute approximate surface area is 246 Å². The van der Waals surface area contributed by atoms with E-state index in [4.69, 9.17) is 21.1 Å². The summed E-state index contributed by atoms with van der Waals surface area (Å²) in [5.41, 5.74) is 3.85. The quantitative estimate of drug-likeness (QED) is 0.325. The number of aryl methyl sites for hydroxylation is 1. The first-order valence-corrected chi connectivity index (χ1v) is 16.4. The Morgan fingerprint density at radius 3 is 2.67 bits per heavy atom. The molecular weight excluding hydrogens is 544 g/mol. The molecule has 6 nitrogen and oxygen atoms in total. The summed E-state index contributed by atoms with van der Waals surface area (Å²) >= 11 is 6.42. The monoisotopic (exact) mass is 585 g/mol. The Morgan fingerprint density at radius 2 is 1.90 bits per heavy atom. The molecule has 3 aliphatic rings. The lowest BCUT2D eigenvalue weighted by Gasteiger charge is -2.45. The molecule has 0 aromatic heterocycles. The SMILES string of the molecule is CO[C@H]1CC(C)C[C@H](C)C[S-](=O)=NC(=O)c2ccc3c(c2)N(Cc2ccc(Cl)cc2CCCCO3)C[C@@H]2CC[C@H]21. The molecule has 1 saturated carbocycles. The van der Waals surface area contributed by atoms with Gasteiger partial charge in [0, 0.05) is 30.8 Å². The van der Waals surface area contributed by atoms with Gasteiger partial charge in [-0.3, -0.25) is 4.79 Å². The van der Waals surface area contributed by atoms with Crippen LogP contribution in [-0.4, -0.2) is 38.0 Å². The van der Waals surface area contributed by atoms with Crippen LogP contribution < -0.4 is 9.64 Å². The number of anilines is 1. The van der Waals surface area contributed by atoms with Crippen molar-refractivity contribution in [3.63, 3.8) is 0 Å². The van der Waals surface area contributed by atoms with Gasteiger partial charge in [-0.15, -0.1) is 0 Å². The molecule has 0 saturated heterocycles. The third kappa shape index (κ3) is 7.03. The molecule has 0 radical (unpaired) electrons. The average molecular weight is 586 g/mol. The zero-order chi connectivity index (χ0) is 28.2. The van der Waals surface area contributed by atoms with E-state index in [2.05, 4.69) is 35.2 Å². The molecule has 2 heterocycles. The number of benzene rings is 2. The molecule has 218 valence electrons. The Bertz CT molecular complexity index is 1290. The largest absolute Gasteiger partial charge is 0.491 e. The molecule has 2 aromatic rings. The van der Waals surface area contributed by atoms with Crippen LogP contribution in [0.1, 0.15) is 73.9 Å². The summed E-state index contributed by atoms with van der Waals surface area (Å²) in [6, 6.07) is 11.7. The third-order valence-electron chi connectivity index (χ3n) is 8.94. The zero-order valence-electron chi connectivity index (χ0n) is 23.9. The fourth-order valence-corrected chi connectivity index (χ4v) is 7.95. The molecule has 0 N–H and O–H groups in total. The van der Waals surface area contributed by atoms with E-state index in [1.54, 1.807) is 6.07 Å². The van der Waals surface area contributed by atoms with Crippen molar-refractivity contribution in [3.8, 4) is 5.75 Å². The first-order valence-electron chi connectivity index (χ1n) is 14.8. The van der Waals surface area contributed by atoms with Gasteiger partial charge in [-0.1, -0.05) is 43.2 Å². The van der Waals surface area contributed by atoms with Crippen LogP contribution in [0.2, 0.25) is 5.02 Å². The summed E-state index contributed by atoms with van der Waals surface area (Å²) in [5.74, 6) is 2.33. The number of nitrogens with zero attached hydrogens (tertiary/aromatic N) is 2. The van der Waals surface area contributed by atoms with E-state index in [1.165, 1.54) is 11.1 Å². The highest BCUT2D eigenvalue weighted by atomic mass is 35.5. The van der Waals surface area contributed by atoms with Crippen molar-refractivity contribution in [2.75, 3.05) is 30.9 Å². The van der Waals surface area contributed by atoms with E-state index in [0.29, 0.717) is 42.2 Å². The van der Waals surface area contributed by atoms with Gasteiger partial charge in [0.05, 0.1) is 18.4 Å². The first kappa shape index (κ1) is 29.4. The van der Waals surface area contributed by atoms with Crippen LogP contribution in [0.5, 0.6) is 5.75 Å². The van der Waals surface area contributed by atoms with Crippen LogP contribution in [0.15, 0.2) is 40.8 Å². The van der Waals surface area contributed by atoms with Crippen molar-refractivity contribution in [1.29, 1.82) is 0 Å². The smallest absolute Gasteiger partial charge is 0.254 e. The average Bonchev–Trinajstić information content (AvgIpc) is 2.92. The molecule has 40 heavy (non-hydrogen) atoms. The van der Waals surface area contributed by atoms with Crippen molar-refractivity contribution in [1.82, 2.24) is 0 Å². The summed E-state index contributed by atoms with van der Waals surface area (Å²) in [5, 5.41) is 0.756. The van der Waals surface area contributed by atoms with Gasteiger partial charge < -0.3 is 22.9 Å². The minimum absolute atomic E-state index is 0.197. The molecule has 1 aliphatic carbocycles. The van der Waals surface area contributed by atoms with E-state index in [9.17, 15) is 9.00 Å². The molecule has 2 bridgehead atoms. The topological polar surface area (TPSA) is 68.2 Å². The van der Waals surface area contributed by atoms with Crippen LogP contribution in [0.4, 0.5) is 5.69 Å². The van der Waals surface area contributed by atoms with Crippen molar-refractivity contribution in [2.24, 2.45) is 28.0 Å². The summed E-state index contributed by atoms with van der Waals surface area (Å²) in [4.78, 5) is 15.6. The molecule has 1 fully saturated rings. The third-order valence-corrected chi connectivity index (χ3v) is 10.4. The molecule has 1 unspecified atom stereocenters. The standard InChI is InChI=1S/C32H42ClN2O4S/c1-21-14-22(2)20-40(37)34-32(36)24-9-12-30-29(17-24)35(19-26-8-11-28(26)31(15-21)38-3)18-25-7-10-27(33)16-23(25)6-4-5-13-39-30/h7,9-10,12,16-17,21-22,26,28,31H,4-6,8,11,13-15,18-20H2,1-3H3/q-1/t21?,22-,26-,28+,31-/m0/s1. The van der Waals surface area contributed by atoms with Crippen molar-refractivity contribution in [2.45, 2.75) is 71.4 Å². The van der Waals surface area contributed by atoms with E-state index in [0.717, 1.165) is 68.0 Å². The predicted molar refractivity (Wildman–Crippen MR) is 162 cm³/mol. The Balaban J connectivity index is 1.59. The Hall–Kier alpha value is -2.09. The Kier molecular flexibility index (Phi) is 9.75. The number of methoxy groups -OCH3 is 1. The lowest BCUT2D eigenvalue weighted by Crippen LogP contribution is -2.44. The predicted octanol–water partition coefficient (Wildman–Crippen LogP) is 7.46. The maximum Gasteiger partial charge on any atom is 0.254 e. The maximum absolute atomic E-state index is 13.2.